The Hall–Kier alpha value is -4.80. The lowest BCUT2D eigenvalue weighted by molar-refractivity contribution is -0.0933. The van der Waals surface area contributed by atoms with Gasteiger partial charge >= 0.3 is 0 Å². The summed E-state index contributed by atoms with van der Waals surface area (Å²) in [5.41, 5.74) is -0.859. The number of hydrogen-bond donors (Lipinski definition) is 0. The lowest BCUT2D eigenvalue weighted by atomic mass is 9.33. The van der Waals surface area contributed by atoms with E-state index in [0.29, 0.717) is 33.8 Å². The van der Waals surface area contributed by atoms with Gasteiger partial charge in [0.25, 0.3) is 30.4 Å². The molecule has 0 saturated carbocycles. The first kappa shape index (κ1) is 32.1. The van der Waals surface area contributed by atoms with Crippen molar-refractivity contribution in [1.82, 2.24) is 0 Å². The highest BCUT2D eigenvalue weighted by Crippen LogP contribution is 2.61. The second kappa shape index (κ2) is 9.95. The molecule has 2 aliphatic heterocycles. The Morgan fingerprint density at radius 1 is 0.529 bits per heavy atom. The summed E-state index contributed by atoms with van der Waals surface area (Å²) in [5.74, 6) is -15.6. The third-order valence-electron chi connectivity index (χ3n) is 10.7. The van der Waals surface area contributed by atoms with Crippen LogP contribution in [0, 0.1) is 0 Å². The molecule has 2 heterocycles. The number of anilines is 6. The van der Waals surface area contributed by atoms with Crippen LogP contribution in [0.15, 0.2) is 97.1 Å². The number of fused-ring (bicyclic) bond motifs is 8. The van der Waals surface area contributed by atoms with Crippen LogP contribution in [0.2, 0.25) is 0 Å². The van der Waals surface area contributed by atoms with Gasteiger partial charge in [0, 0.05) is 33.9 Å². The SMILES string of the molecule is CC(C)(C)c1cc2c3c(c1)N(c1ccccc1)c1c(ccc4c1C(F)(F)CC4(F)F)B3c1ccc3c(c1N2c1ccccc1)C(F)(F)CC3(F)F. The second-order valence-electron chi connectivity index (χ2n) is 15.0. The molecule has 11 heteroatoms. The van der Waals surface area contributed by atoms with E-state index < -0.39 is 70.9 Å². The fourth-order valence-electron chi connectivity index (χ4n) is 8.57. The maximum atomic E-state index is 16.1. The van der Waals surface area contributed by atoms with Crippen molar-refractivity contribution in [2.24, 2.45) is 0 Å². The van der Waals surface area contributed by atoms with Crippen molar-refractivity contribution in [2.45, 2.75) is 62.7 Å². The van der Waals surface area contributed by atoms with E-state index in [1.54, 1.807) is 70.5 Å². The Labute approximate surface area is 289 Å². The Kier molecular flexibility index (Phi) is 6.27. The van der Waals surface area contributed by atoms with Crippen LogP contribution in [0.5, 0.6) is 0 Å². The lowest BCUT2D eigenvalue weighted by Crippen LogP contribution is -2.62. The zero-order valence-corrected chi connectivity index (χ0v) is 27.6. The number of rotatable bonds is 2. The van der Waals surface area contributed by atoms with Gasteiger partial charge in [-0.2, -0.15) is 0 Å². The van der Waals surface area contributed by atoms with E-state index in [2.05, 4.69) is 0 Å². The number of halogens is 8. The largest absolute Gasteiger partial charge is 0.311 e. The van der Waals surface area contributed by atoms with E-state index in [-0.39, 0.29) is 22.3 Å². The Balaban J connectivity index is 1.49. The van der Waals surface area contributed by atoms with Gasteiger partial charge in [-0.15, -0.1) is 0 Å². The van der Waals surface area contributed by atoms with Gasteiger partial charge in [-0.3, -0.25) is 0 Å². The summed E-state index contributed by atoms with van der Waals surface area (Å²) in [6, 6.07) is 25.6. The fraction of sp³-hybridized carbons (Fsp3) is 0.250. The highest BCUT2D eigenvalue weighted by molar-refractivity contribution is 7.00. The molecule has 0 radical (unpaired) electrons. The Morgan fingerprint density at radius 3 is 1.29 bits per heavy atom. The van der Waals surface area contributed by atoms with Gasteiger partial charge in [0.05, 0.1) is 35.3 Å². The maximum absolute atomic E-state index is 16.1. The van der Waals surface area contributed by atoms with Gasteiger partial charge < -0.3 is 9.80 Å². The van der Waals surface area contributed by atoms with Crippen LogP contribution >= 0.6 is 0 Å². The molecule has 2 nitrogen and oxygen atoms in total. The standard InChI is InChI=1S/C40H29BF8N2/c1-36(2,3)22-18-29-33-30(19-22)51(24-12-8-5-9-13-24)35-28(17-15-26-32(35)40(48,49)21-38(26,44)45)41(33)27-16-14-25-31(39(46,47)20-37(25,42)43)34(27)50(29)23-10-6-4-7-11-23/h4-19H,20-21H2,1-3H3. The summed E-state index contributed by atoms with van der Waals surface area (Å²) >= 11 is 0. The smallest absolute Gasteiger partial charge is 0.281 e. The topological polar surface area (TPSA) is 6.48 Å². The van der Waals surface area contributed by atoms with Crippen LogP contribution < -0.4 is 26.2 Å². The third kappa shape index (κ3) is 4.35. The number of para-hydroxylation sites is 2. The zero-order chi connectivity index (χ0) is 36.0. The summed E-state index contributed by atoms with van der Waals surface area (Å²) in [4.78, 5) is 3.16. The first-order valence-electron chi connectivity index (χ1n) is 16.7. The first-order valence-corrected chi connectivity index (χ1v) is 16.7. The predicted molar refractivity (Wildman–Crippen MR) is 184 cm³/mol. The minimum Gasteiger partial charge on any atom is -0.311 e. The van der Waals surface area contributed by atoms with Crippen LogP contribution in [0.4, 0.5) is 69.2 Å². The van der Waals surface area contributed by atoms with Crippen molar-refractivity contribution in [3.63, 3.8) is 0 Å². The molecule has 9 rings (SSSR count). The molecule has 0 bridgehead atoms. The van der Waals surface area contributed by atoms with Gasteiger partial charge in [0.15, 0.2) is 0 Å². The minimum absolute atomic E-state index is 0.160. The summed E-state index contributed by atoms with van der Waals surface area (Å²) < 4.78 is 126. The predicted octanol–water partition coefficient (Wildman–Crippen LogP) is 10.2. The zero-order valence-electron chi connectivity index (χ0n) is 27.6. The first-order chi connectivity index (χ1) is 23.9. The number of hydrogen-bond acceptors (Lipinski definition) is 2. The summed E-state index contributed by atoms with van der Waals surface area (Å²) in [6.07, 6.45) is -3.43. The van der Waals surface area contributed by atoms with Crippen molar-refractivity contribution < 1.29 is 35.1 Å². The molecular weight excluding hydrogens is 671 g/mol. The average Bonchev–Trinajstić information content (AvgIpc) is 3.38. The monoisotopic (exact) mass is 700 g/mol. The molecule has 0 saturated heterocycles. The van der Waals surface area contributed by atoms with E-state index in [9.17, 15) is 0 Å². The molecule has 5 aromatic rings. The Bertz CT molecular complexity index is 2130. The molecule has 0 unspecified atom stereocenters. The molecule has 51 heavy (non-hydrogen) atoms. The fourth-order valence-corrected chi connectivity index (χ4v) is 8.57. The molecule has 0 aromatic heterocycles. The van der Waals surface area contributed by atoms with E-state index >= 15 is 35.1 Å². The maximum Gasteiger partial charge on any atom is 0.281 e. The highest BCUT2D eigenvalue weighted by Gasteiger charge is 2.61. The molecule has 0 atom stereocenters. The van der Waals surface area contributed by atoms with Crippen molar-refractivity contribution in [3.05, 3.63) is 125 Å². The number of alkyl halides is 8. The third-order valence-corrected chi connectivity index (χ3v) is 10.7. The quantitative estimate of drug-likeness (QED) is 0.131. The minimum atomic E-state index is -3.94. The van der Waals surface area contributed by atoms with E-state index in [1.165, 1.54) is 12.1 Å². The van der Waals surface area contributed by atoms with E-state index in [1.807, 2.05) is 32.9 Å². The van der Waals surface area contributed by atoms with Gasteiger partial charge in [0.1, 0.15) is 0 Å². The van der Waals surface area contributed by atoms with Gasteiger partial charge in [-0.1, -0.05) is 81.4 Å². The summed E-state index contributed by atoms with van der Waals surface area (Å²) in [7, 11) is 0. The van der Waals surface area contributed by atoms with Gasteiger partial charge in [-0.25, -0.2) is 35.1 Å². The van der Waals surface area contributed by atoms with Crippen LogP contribution in [0.25, 0.3) is 0 Å². The van der Waals surface area contributed by atoms with E-state index in [4.69, 9.17) is 0 Å². The summed E-state index contributed by atoms with van der Waals surface area (Å²) in [6.45, 7) is 4.76. The van der Waals surface area contributed by atoms with Crippen LogP contribution in [-0.2, 0) is 29.1 Å². The van der Waals surface area contributed by atoms with Crippen molar-refractivity contribution in [1.29, 1.82) is 0 Å². The molecular formula is C40H29BF8N2. The molecule has 0 N–H and O–H groups in total. The highest BCUT2D eigenvalue weighted by atomic mass is 19.3. The number of benzene rings is 5. The normalized spacial score (nSPS) is 19.6. The van der Waals surface area contributed by atoms with Crippen LogP contribution in [-0.4, -0.2) is 6.71 Å². The lowest BCUT2D eigenvalue weighted by Gasteiger charge is -2.46. The van der Waals surface area contributed by atoms with E-state index in [0.717, 1.165) is 12.1 Å². The van der Waals surface area contributed by atoms with Gasteiger partial charge in [0.2, 0.25) is 0 Å². The number of nitrogens with zero attached hydrogens (tertiary/aromatic N) is 2. The average molecular weight is 700 g/mol. The van der Waals surface area contributed by atoms with Crippen molar-refractivity contribution in [3.8, 4) is 0 Å². The molecule has 258 valence electrons. The summed E-state index contributed by atoms with van der Waals surface area (Å²) in [5, 5.41) is 0. The molecule has 0 amide bonds. The second-order valence-corrected chi connectivity index (χ2v) is 15.0. The van der Waals surface area contributed by atoms with Crippen LogP contribution in [0.1, 0.15) is 61.4 Å². The van der Waals surface area contributed by atoms with Crippen molar-refractivity contribution >= 4 is 57.2 Å². The molecule has 0 spiro atoms. The Morgan fingerprint density at radius 2 is 0.922 bits per heavy atom. The molecule has 0 fully saturated rings. The van der Waals surface area contributed by atoms with Gasteiger partial charge in [-0.05, 0) is 63.8 Å². The van der Waals surface area contributed by atoms with Crippen LogP contribution in [0.3, 0.4) is 0 Å². The molecule has 5 aromatic carbocycles. The molecule has 2 aliphatic carbocycles. The van der Waals surface area contributed by atoms with Crippen molar-refractivity contribution in [2.75, 3.05) is 9.80 Å². The molecule has 4 aliphatic rings.